The van der Waals surface area contributed by atoms with Crippen molar-refractivity contribution in [3.8, 4) is 0 Å². The van der Waals surface area contributed by atoms with Crippen LogP contribution in [0.4, 0.5) is 0 Å². The molecule has 1 N–H and O–H groups in total. The van der Waals surface area contributed by atoms with E-state index in [1.54, 1.807) is 0 Å². The summed E-state index contributed by atoms with van der Waals surface area (Å²) >= 11 is 1.88. The molecule has 0 aliphatic carbocycles. The van der Waals surface area contributed by atoms with Crippen molar-refractivity contribution in [2.75, 3.05) is 32.8 Å². The third-order valence-corrected chi connectivity index (χ3v) is 6.27. The first-order valence-electron chi connectivity index (χ1n) is 11.5. The van der Waals surface area contributed by atoms with Gasteiger partial charge in [-0.05, 0) is 75.6 Å². The number of piperidine rings is 2. The van der Waals surface area contributed by atoms with Gasteiger partial charge in [-0.3, -0.25) is 0 Å². The number of likely N-dealkylation sites (tertiary alicyclic amines) is 1. The quantitative estimate of drug-likeness (QED) is 0.376. The maximum atomic E-state index is 9.09. The minimum atomic E-state index is 0.354. The molecule has 0 bridgehead atoms. The van der Waals surface area contributed by atoms with Crippen LogP contribution in [0.2, 0.25) is 0 Å². The van der Waals surface area contributed by atoms with E-state index in [0.717, 1.165) is 24.8 Å². The van der Waals surface area contributed by atoms with E-state index in [-0.39, 0.29) is 0 Å². The molecule has 0 radical (unpaired) electrons. The van der Waals surface area contributed by atoms with Gasteiger partial charge in [0.15, 0.2) is 0 Å². The Kier molecular flexibility index (Phi) is 18.1. The third-order valence-electron chi connectivity index (χ3n) is 5.16. The molecule has 0 aromatic rings. The second-order valence-corrected chi connectivity index (χ2v) is 8.03. The van der Waals surface area contributed by atoms with E-state index in [4.69, 9.17) is 5.11 Å². The number of aliphatic hydroxyl groups is 1. The van der Waals surface area contributed by atoms with Crippen LogP contribution in [0, 0.1) is 5.92 Å². The van der Waals surface area contributed by atoms with E-state index in [2.05, 4.69) is 40.9 Å². The predicted octanol–water partition coefficient (Wildman–Crippen LogP) is 6.28. The Hall–Kier alpha value is -0.550. The molecule has 2 saturated heterocycles. The lowest BCUT2D eigenvalue weighted by atomic mass is 9.92. The summed E-state index contributed by atoms with van der Waals surface area (Å²) in [5.74, 6) is 0.749. The number of allylic oxidation sites excluding steroid dienone is 4. The molecule has 0 aromatic heterocycles. The van der Waals surface area contributed by atoms with Crippen molar-refractivity contribution in [2.45, 2.75) is 79.2 Å². The summed E-state index contributed by atoms with van der Waals surface area (Å²) in [4.78, 5) is 3.99. The molecule has 28 heavy (non-hydrogen) atoms. The molecule has 2 aliphatic rings. The van der Waals surface area contributed by atoms with Gasteiger partial charge in [0.1, 0.15) is 0 Å². The van der Waals surface area contributed by atoms with Gasteiger partial charge in [-0.25, -0.2) is 4.31 Å². The highest BCUT2D eigenvalue weighted by Crippen LogP contribution is 2.30. The molecule has 0 unspecified atom stereocenters. The Bertz CT molecular complexity index is 420. The second kappa shape index (κ2) is 18.5. The van der Waals surface area contributed by atoms with Crippen molar-refractivity contribution in [1.82, 2.24) is 9.21 Å². The van der Waals surface area contributed by atoms with Crippen molar-refractivity contribution in [2.24, 2.45) is 5.92 Å². The molecule has 4 heteroatoms. The van der Waals surface area contributed by atoms with Crippen LogP contribution < -0.4 is 0 Å². The molecular formula is C24H46N2OS. The van der Waals surface area contributed by atoms with Crippen LogP contribution in [0.15, 0.2) is 35.8 Å². The topological polar surface area (TPSA) is 26.7 Å². The van der Waals surface area contributed by atoms with Gasteiger partial charge in [-0.1, -0.05) is 59.4 Å². The van der Waals surface area contributed by atoms with Gasteiger partial charge in [0, 0.05) is 30.6 Å². The molecule has 164 valence electrons. The smallest absolute Gasteiger partial charge is 0.0433 e. The molecule has 2 heterocycles. The van der Waals surface area contributed by atoms with E-state index >= 15 is 0 Å². The monoisotopic (exact) mass is 410 g/mol. The Labute approximate surface area is 180 Å². The standard InChI is InChI=1S/C20H34N2OS.2C2H6/c1-3-5-7-20(6-4-2)24-22-15-10-19(11-16-22)21-13-8-18(9-14-21)12-17-23;2*1-2/h4-7,18-19,23H,2-3,8-17H2,1H3;2*1-2H3/b7-5-,20-6+;;. The average molecular weight is 411 g/mol. The lowest BCUT2D eigenvalue weighted by Crippen LogP contribution is -2.46. The summed E-state index contributed by atoms with van der Waals surface area (Å²) in [5.41, 5.74) is 0. The van der Waals surface area contributed by atoms with E-state index in [0.29, 0.717) is 6.61 Å². The number of hydrogen-bond donors (Lipinski definition) is 1. The average Bonchev–Trinajstić information content (AvgIpc) is 2.76. The van der Waals surface area contributed by atoms with Crippen LogP contribution in [0.3, 0.4) is 0 Å². The van der Waals surface area contributed by atoms with E-state index < -0.39 is 0 Å². The van der Waals surface area contributed by atoms with Gasteiger partial charge in [0.05, 0.1) is 0 Å². The van der Waals surface area contributed by atoms with E-state index in [1.165, 1.54) is 56.8 Å². The van der Waals surface area contributed by atoms with Crippen molar-refractivity contribution in [3.63, 3.8) is 0 Å². The van der Waals surface area contributed by atoms with Gasteiger partial charge < -0.3 is 10.0 Å². The normalized spacial score (nSPS) is 20.3. The van der Waals surface area contributed by atoms with E-state index in [9.17, 15) is 0 Å². The number of hydrogen-bond acceptors (Lipinski definition) is 4. The SMILES string of the molecule is C=C/C=C(\C=C/CC)SN1CCC(N2CCC(CCO)CC2)CC1.CC.CC. The Balaban J connectivity index is 0.00000171. The molecule has 0 amide bonds. The molecule has 0 aromatic carbocycles. The molecule has 2 fully saturated rings. The first-order valence-corrected chi connectivity index (χ1v) is 12.3. The highest BCUT2D eigenvalue weighted by Gasteiger charge is 2.28. The number of aliphatic hydroxyl groups excluding tert-OH is 1. The first-order chi connectivity index (χ1) is 13.8. The van der Waals surface area contributed by atoms with Crippen molar-refractivity contribution < 1.29 is 5.11 Å². The summed E-state index contributed by atoms with van der Waals surface area (Å²) in [7, 11) is 0. The lowest BCUT2D eigenvalue weighted by Gasteiger charge is -2.41. The van der Waals surface area contributed by atoms with Crippen LogP contribution in [0.1, 0.15) is 73.1 Å². The van der Waals surface area contributed by atoms with E-state index in [1.807, 2.05) is 45.7 Å². The van der Waals surface area contributed by atoms with Crippen LogP contribution in [-0.2, 0) is 0 Å². The van der Waals surface area contributed by atoms with Crippen molar-refractivity contribution in [3.05, 3.63) is 35.8 Å². The van der Waals surface area contributed by atoms with Crippen molar-refractivity contribution >= 4 is 11.9 Å². The van der Waals surface area contributed by atoms with Crippen LogP contribution >= 0.6 is 11.9 Å². The third kappa shape index (κ3) is 10.8. The highest BCUT2D eigenvalue weighted by molar-refractivity contribution is 8.01. The summed E-state index contributed by atoms with van der Waals surface area (Å²) < 4.78 is 2.50. The largest absolute Gasteiger partial charge is 0.396 e. The lowest BCUT2D eigenvalue weighted by molar-refractivity contribution is 0.0911. The maximum absolute atomic E-state index is 9.09. The summed E-state index contributed by atoms with van der Waals surface area (Å²) in [6.07, 6.45) is 15.6. The Morgan fingerprint density at radius 2 is 1.64 bits per heavy atom. The molecule has 0 saturated carbocycles. The molecule has 3 nitrogen and oxygen atoms in total. The van der Waals surface area contributed by atoms with Crippen molar-refractivity contribution in [1.29, 1.82) is 0 Å². The minimum Gasteiger partial charge on any atom is -0.396 e. The predicted molar refractivity (Wildman–Crippen MR) is 129 cm³/mol. The zero-order valence-electron chi connectivity index (χ0n) is 19.2. The zero-order chi connectivity index (χ0) is 21.2. The fourth-order valence-electron chi connectivity index (χ4n) is 3.70. The Morgan fingerprint density at radius 3 is 2.14 bits per heavy atom. The molecule has 2 aliphatic heterocycles. The highest BCUT2D eigenvalue weighted by atomic mass is 32.2. The van der Waals surface area contributed by atoms with Gasteiger partial charge in [0.25, 0.3) is 0 Å². The molecular weight excluding hydrogens is 364 g/mol. The number of nitrogens with zero attached hydrogens (tertiary/aromatic N) is 2. The zero-order valence-corrected chi connectivity index (χ0v) is 20.0. The summed E-state index contributed by atoms with van der Waals surface area (Å²) in [6, 6.07) is 0.759. The second-order valence-electron chi connectivity index (χ2n) is 6.86. The van der Waals surface area contributed by atoms with Gasteiger partial charge in [-0.2, -0.15) is 0 Å². The van der Waals surface area contributed by atoms with Gasteiger partial charge >= 0.3 is 0 Å². The molecule has 0 atom stereocenters. The molecule has 0 spiro atoms. The fraction of sp³-hybridized carbons (Fsp3) is 0.750. The Morgan fingerprint density at radius 1 is 1.04 bits per heavy atom. The first kappa shape index (κ1) is 27.5. The number of rotatable bonds is 8. The van der Waals surface area contributed by atoms with Crippen LogP contribution in [-0.4, -0.2) is 53.1 Å². The summed E-state index contributed by atoms with van der Waals surface area (Å²) in [6.45, 7) is 19.1. The fourth-order valence-corrected chi connectivity index (χ4v) is 4.71. The van der Waals surface area contributed by atoms with Gasteiger partial charge in [0.2, 0.25) is 0 Å². The summed E-state index contributed by atoms with van der Waals surface area (Å²) in [5, 5.41) is 9.09. The minimum absolute atomic E-state index is 0.354. The van der Waals surface area contributed by atoms with Crippen LogP contribution in [0.25, 0.3) is 0 Å². The maximum Gasteiger partial charge on any atom is 0.0433 e. The molecule has 2 rings (SSSR count). The van der Waals surface area contributed by atoms with Gasteiger partial charge in [-0.15, -0.1) is 0 Å². The van der Waals surface area contributed by atoms with Crippen LogP contribution in [0.5, 0.6) is 0 Å².